The summed E-state index contributed by atoms with van der Waals surface area (Å²) in [7, 11) is 0. The zero-order valence-electron chi connectivity index (χ0n) is 18.0. The molecule has 2 aromatic heterocycles. The van der Waals surface area contributed by atoms with Crippen molar-refractivity contribution in [1.82, 2.24) is 20.1 Å². The van der Waals surface area contributed by atoms with Crippen molar-refractivity contribution in [3.8, 4) is 0 Å². The van der Waals surface area contributed by atoms with E-state index in [4.69, 9.17) is 0 Å². The molecule has 7 heteroatoms. The lowest BCUT2D eigenvalue weighted by molar-refractivity contribution is -0.118. The highest BCUT2D eigenvalue weighted by Gasteiger charge is 2.23. The molecule has 4 rings (SSSR count). The Morgan fingerprint density at radius 2 is 1.97 bits per heavy atom. The fourth-order valence-electron chi connectivity index (χ4n) is 4.15. The third kappa shape index (κ3) is 5.98. The fourth-order valence-corrected chi connectivity index (χ4v) is 5.70. The molecule has 1 fully saturated rings. The van der Waals surface area contributed by atoms with E-state index in [1.165, 1.54) is 54.3 Å². The van der Waals surface area contributed by atoms with Gasteiger partial charge >= 0.3 is 0 Å². The van der Waals surface area contributed by atoms with Crippen LogP contribution in [-0.4, -0.2) is 33.0 Å². The van der Waals surface area contributed by atoms with Crippen LogP contribution in [0.3, 0.4) is 0 Å². The predicted molar refractivity (Wildman–Crippen MR) is 128 cm³/mol. The minimum Gasteiger partial charge on any atom is -0.355 e. The Balaban J connectivity index is 1.38. The molecule has 164 valence electrons. The number of thiophene rings is 1. The van der Waals surface area contributed by atoms with Gasteiger partial charge in [-0.3, -0.25) is 4.79 Å². The molecule has 1 amide bonds. The summed E-state index contributed by atoms with van der Waals surface area (Å²) in [5, 5.41) is 15.1. The van der Waals surface area contributed by atoms with Crippen LogP contribution < -0.4 is 5.32 Å². The monoisotopic (exact) mass is 454 g/mol. The molecule has 3 aromatic rings. The van der Waals surface area contributed by atoms with Crippen molar-refractivity contribution < 1.29 is 4.79 Å². The van der Waals surface area contributed by atoms with Crippen molar-refractivity contribution >= 4 is 29.0 Å². The number of carbonyl (C=O) groups is 1. The first-order valence-corrected chi connectivity index (χ1v) is 13.0. The van der Waals surface area contributed by atoms with Gasteiger partial charge in [-0.25, -0.2) is 0 Å². The minimum atomic E-state index is 0.0470. The third-order valence-electron chi connectivity index (χ3n) is 5.89. The number of hydrogen-bond acceptors (Lipinski definition) is 5. The molecular formula is C24H30N4OS2. The largest absolute Gasteiger partial charge is 0.355 e. The minimum absolute atomic E-state index is 0.0470. The second-order valence-corrected chi connectivity index (χ2v) is 10.2. The quantitative estimate of drug-likeness (QED) is 0.437. The lowest BCUT2D eigenvalue weighted by Crippen LogP contribution is -2.29. The Kier molecular flexibility index (Phi) is 7.81. The zero-order chi connectivity index (χ0) is 21.5. The van der Waals surface area contributed by atoms with Gasteiger partial charge in [-0.15, -0.1) is 21.5 Å². The highest BCUT2D eigenvalue weighted by Crippen LogP contribution is 2.33. The smallest absolute Gasteiger partial charge is 0.230 e. The van der Waals surface area contributed by atoms with E-state index >= 15 is 0 Å². The van der Waals surface area contributed by atoms with Gasteiger partial charge in [0.15, 0.2) is 5.16 Å². The van der Waals surface area contributed by atoms with Crippen LogP contribution in [0.15, 0.2) is 53.0 Å². The van der Waals surface area contributed by atoms with Crippen LogP contribution in [0.2, 0.25) is 0 Å². The summed E-state index contributed by atoms with van der Waals surface area (Å²) in [6.07, 6.45) is 6.96. The number of nitrogens with one attached hydrogen (secondary N) is 1. The Morgan fingerprint density at radius 1 is 1.16 bits per heavy atom. The van der Waals surface area contributed by atoms with Gasteiger partial charge in [-0.2, -0.15) is 0 Å². The van der Waals surface area contributed by atoms with Crippen molar-refractivity contribution in [2.45, 2.75) is 62.6 Å². The molecule has 2 heterocycles. The van der Waals surface area contributed by atoms with E-state index in [1.54, 1.807) is 11.3 Å². The number of benzene rings is 1. The van der Waals surface area contributed by atoms with Gasteiger partial charge in [0.1, 0.15) is 5.82 Å². The molecule has 1 saturated carbocycles. The molecule has 1 atom stereocenters. The van der Waals surface area contributed by atoms with Crippen molar-refractivity contribution in [3.05, 3.63) is 64.1 Å². The van der Waals surface area contributed by atoms with E-state index in [1.807, 2.05) is 18.2 Å². The van der Waals surface area contributed by atoms with Gasteiger partial charge in [-0.05, 0) is 35.8 Å². The second-order valence-electron chi connectivity index (χ2n) is 8.22. The van der Waals surface area contributed by atoms with Crippen molar-refractivity contribution in [1.29, 1.82) is 0 Å². The molecule has 1 aliphatic rings. The Labute approximate surface area is 192 Å². The molecule has 1 unspecified atom stereocenters. The first-order chi connectivity index (χ1) is 15.2. The van der Waals surface area contributed by atoms with Gasteiger partial charge in [0.05, 0.1) is 5.75 Å². The first-order valence-electron chi connectivity index (χ1n) is 11.1. The molecule has 0 saturated heterocycles. The van der Waals surface area contributed by atoms with E-state index in [9.17, 15) is 4.79 Å². The van der Waals surface area contributed by atoms with E-state index in [2.05, 4.69) is 56.7 Å². The average Bonchev–Trinajstić information content (AvgIpc) is 3.47. The molecule has 0 aliphatic heterocycles. The van der Waals surface area contributed by atoms with E-state index in [0.717, 1.165) is 17.4 Å². The summed E-state index contributed by atoms with van der Waals surface area (Å²) >= 11 is 3.27. The predicted octanol–water partition coefficient (Wildman–Crippen LogP) is 5.45. The molecule has 1 N–H and O–H groups in total. The van der Waals surface area contributed by atoms with Crippen molar-refractivity contribution in [3.63, 3.8) is 0 Å². The first kappa shape index (κ1) is 22.1. The summed E-state index contributed by atoms with van der Waals surface area (Å²) in [5.74, 6) is 1.73. The molecular weight excluding hydrogens is 424 g/mol. The zero-order valence-corrected chi connectivity index (χ0v) is 19.6. The Bertz CT molecular complexity index is 949. The lowest BCUT2D eigenvalue weighted by Gasteiger charge is -2.25. The van der Waals surface area contributed by atoms with E-state index < -0.39 is 0 Å². The number of hydrogen-bond donors (Lipinski definition) is 1. The van der Waals surface area contributed by atoms with Gasteiger partial charge in [0.25, 0.3) is 0 Å². The highest BCUT2D eigenvalue weighted by atomic mass is 32.2. The van der Waals surface area contributed by atoms with Crippen molar-refractivity contribution in [2.24, 2.45) is 0 Å². The normalized spacial score (nSPS) is 15.6. The van der Waals surface area contributed by atoms with Gasteiger partial charge in [0, 0.05) is 23.9 Å². The maximum absolute atomic E-state index is 12.5. The summed E-state index contributed by atoms with van der Waals surface area (Å²) in [4.78, 5) is 13.8. The molecule has 0 radical (unpaired) electrons. The number of amides is 1. The molecule has 31 heavy (non-hydrogen) atoms. The topological polar surface area (TPSA) is 59.8 Å². The summed E-state index contributed by atoms with van der Waals surface area (Å²) in [6.45, 7) is 2.78. The maximum Gasteiger partial charge on any atom is 0.230 e. The van der Waals surface area contributed by atoms with Crippen LogP contribution in [0.5, 0.6) is 0 Å². The summed E-state index contributed by atoms with van der Waals surface area (Å²) < 4.78 is 2.32. The number of rotatable bonds is 9. The molecule has 0 bridgehead atoms. The molecule has 0 spiro atoms. The standard InChI is InChI=1S/C24H30N4OS2/c1-18(19-9-4-2-5-10-19)16-25-23(29)17-31-24-27-26-22(15-21-13-8-14-30-21)28(24)20-11-6-3-7-12-20/h2,4-5,8-10,13-14,18,20H,3,6-7,11-12,15-17H2,1H3,(H,25,29). The number of thioether (sulfide) groups is 1. The van der Waals surface area contributed by atoms with Gasteiger partial charge in [0.2, 0.25) is 5.91 Å². The number of aromatic nitrogens is 3. The average molecular weight is 455 g/mol. The Morgan fingerprint density at radius 3 is 2.71 bits per heavy atom. The van der Waals surface area contributed by atoms with Gasteiger partial charge < -0.3 is 9.88 Å². The lowest BCUT2D eigenvalue weighted by atomic mass is 9.95. The highest BCUT2D eigenvalue weighted by molar-refractivity contribution is 7.99. The van der Waals surface area contributed by atoms with Crippen LogP contribution in [0.1, 0.15) is 67.3 Å². The van der Waals surface area contributed by atoms with Crippen LogP contribution in [0.25, 0.3) is 0 Å². The van der Waals surface area contributed by atoms with Crippen molar-refractivity contribution in [2.75, 3.05) is 12.3 Å². The molecule has 1 aromatic carbocycles. The maximum atomic E-state index is 12.5. The van der Waals surface area contributed by atoms with Crippen LogP contribution in [0.4, 0.5) is 0 Å². The van der Waals surface area contributed by atoms with Crippen LogP contribution >= 0.6 is 23.1 Å². The fraction of sp³-hybridized carbons (Fsp3) is 0.458. The summed E-state index contributed by atoms with van der Waals surface area (Å²) in [5.41, 5.74) is 1.24. The molecule has 1 aliphatic carbocycles. The number of carbonyl (C=O) groups excluding carboxylic acids is 1. The molecule has 5 nitrogen and oxygen atoms in total. The Hall–Kier alpha value is -2.12. The second kappa shape index (κ2) is 11.0. The van der Waals surface area contributed by atoms with Gasteiger partial charge in [-0.1, -0.05) is 74.3 Å². The van der Waals surface area contributed by atoms with E-state index in [-0.39, 0.29) is 5.91 Å². The van der Waals surface area contributed by atoms with E-state index in [0.29, 0.717) is 24.3 Å². The number of nitrogens with zero attached hydrogens (tertiary/aromatic N) is 3. The van der Waals surface area contributed by atoms with Crippen LogP contribution in [0, 0.1) is 0 Å². The summed E-state index contributed by atoms with van der Waals surface area (Å²) in [6, 6.07) is 15.0. The SMILES string of the molecule is CC(CNC(=O)CSc1nnc(Cc2cccs2)n1C1CCCCC1)c1ccccc1. The van der Waals surface area contributed by atoms with Crippen LogP contribution in [-0.2, 0) is 11.2 Å². The third-order valence-corrected chi connectivity index (χ3v) is 7.71.